The van der Waals surface area contributed by atoms with Crippen molar-refractivity contribution in [2.24, 2.45) is 0 Å². The van der Waals surface area contributed by atoms with Gasteiger partial charge in [-0.2, -0.15) is 0 Å². The molecule has 2 rings (SSSR count). The van der Waals surface area contributed by atoms with E-state index in [1.807, 2.05) is 6.92 Å². The Balaban J connectivity index is 1.95. The molecule has 0 saturated carbocycles. The highest BCUT2D eigenvalue weighted by Gasteiger charge is 2.21. The zero-order chi connectivity index (χ0) is 18.3. The van der Waals surface area contributed by atoms with Crippen LogP contribution >= 0.6 is 0 Å². The molecule has 1 aromatic carbocycles. The highest BCUT2D eigenvalue weighted by molar-refractivity contribution is 7.89. The van der Waals surface area contributed by atoms with Crippen molar-refractivity contribution in [3.05, 3.63) is 18.2 Å². The third-order valence-electron chi connectivity index (χ3n) is 4.55. The average molecular weight is 372 g/mol. The van der Waals surface area contributed by atoms with Crippen LogP contribution in [0.2, 0.25) is 0 Å². The predicted octanol–water partition coefficient (Wildman–Crippen LogP) is 1.22. The summed E-state index contributed by atoms with van der Waals surface area (Å²) in [6, 6.07) is 4.69. The Bertz CT molecular complexity index is 644. The molecule has 2 N–H and O–H groups in total. The zero-order valence-corrected chi connectivity index (χ0v) is 16.3. The molecule has 0 fully saturated rings. The van der Waals surface area contributed by atoms with Gasteiger partial charge in [0.25, 0.3) is 0 Å². The monoisotopic (exact) mass is 371 g/mol. The summed E-state index contributed by atoms with van der Waals surface area (Å²) < 4.78 is 39.1. The topological polar surface area (TPSA) is 69.1 Å². The molecular formula is C18H31N2O4S+. The van der Waals surface area contributed by atoms with E-state index in [-0.39, 0.29) is 10.9 Å². The Hall–Kier alpha value is -1.31. The third kappa shape index (κ3) is 5.87. The molecule has 0 saturated heterocycles. The maximum absolute atomic E-state index is 12.6. The SMILES string of the molecule is CC[NH+](CC)CCC[C@H](C)NS(=O)(=O)c1ccc2c(c1)OCCCO2. The van der Waals surface area contributed by atoms with E-state index >= 15 is 0 Å². The highest BCUT2D eigenvalue weighted by Crippen LogP contribution is 2.31. The molecule has 0 bridgehead atoms. The summed E-state index contributed by atoms with van der Waals surface area (Å²) in [6.45, 7) is 10.7. The molecule has 0 amide bonds. The van der Waals surface area contributed by atoms with Gasteiger partial charge in [0.15, 0.2) is 11.5 Å². The molecule has 142 valence electrons. The van der Waals surface area contributed by atoms with E-state index in [4.69, 9.17) is 9.47 Å². The van der Waals surface area contributed by atoms with Crippen LogP contribution in [0, 0.1) is 0 Å². The van der Waals surface area contributed by atoms with E-state index in [0.29, 0.717) is 24.7 Å². The minimum absolute atomic E-state index is 0.101. The fourth-order valence-corrected chi connectivity index (χ4v) is 4.26. The lowest BCUT2D eigenvalue weighted by Gasteiger charge is -2.18. The van der Waals surface area contributed by atoms with Gasteiger partial charge in [-0.25, -0.2) is 13.1 Å². The zero-order valence-electron chi connectivity index (χ0n) is 15.5. The molecule has 6 nitrogen and oxygen atoms in total. The number of hydrogen-bond donors (Lipinski definition) is 2. The Morgan fingerprint density at radius 3 is 2.52 bits per heavy atom. The van der Waals surface area contributed by atoms with Gasteiger partial charge in [-0.3, -0.25) is 0 Å². The van der Waals surface area contributed by atoms with Gasteiger partial charge in [0, 0.05) is 18.5 Å². The molecule has 1 aromatic rings. The summed E-state index contributed by atoms with van der Waals surface area (Å²) in [5.74, 6) is 1.10. The molecule has 25 heavy (non-hydrogen) atoms. The van der Waals surface area contributed by atoms with Crippen molar-refractivity contribution in [1.29, 1.82) is 0 Å². The molecular weight excluding hydrogens is 340 g/mol. The highest BCUT2D eigenvalue weighted by atomic mass is 32.2. The number of benzene rings is 1. The van der Waals surface area contributed by atoms with Crippen molar-refractivity contribution in [2.45, 2.75) is 51.0 Å². The lowest BCUT2D eigenvalue weighted by atomic mass is 10.2. The van der Waals surface area contributed by atoms with Gasteiger partial charge in [0.05, 0.1) is 37.7 Å². The van der Waals surface area contributed by atoms with Crippen LogP contribution in [0.4, 0.5) is 0 Å². The van der Waals surface area contributed by atoms with Gasteiger partial charge in [-0.05, 0) is 45.7 Å². The van der Waals surface area contributed by atoms with E-state index in [9.17, 15) is 8.42 Å². The smallest absolute Gasteiger partial charge is 0.240 e. The summed E-state index contributed by atoms with van der Waals surface area (Å²) in [4.78, 5) is 1.76. The minimum atomic E-state index is -3.56. The van der Waals surface area contributed by atoms with Gasteiger partial charge in [0.1, 0.15) is 0 Å². The molecule has 7 heteroatoms. The third-order valence-corrected chi connectivity index (χ3v) is 6.14. The first-order valence-corrected chi connectivity index (χ1v) is 10.7. The maximum Gasteiger partial charge on any atom is 0.240 e. The van der Waals surface area contributed by atoms with E-state index in [1.54, 1.807) is 18.2 Å². The van der Waals surface area contributed by atoms with E-state index in [0.717, 1.165) is 38.9 Å². The summed E-state index contributed by atoms with van der Waals surface area (Å²) in [7, 11) is -3.56. The Kier molecular flexibility index (Phi) is 7.53. The van der Waals surface area contributed by atoms with E-state index < -0.39 is 10.0 Å². The Morgan fingerprint density at radius 1 is 1.16 bits per heavy atom. The standard InChI is InChI=1S/C18H30N2O4S/c1-4-20(5-2)11-6-8-15(3)19-25(21,22)16-9-10-17-18(14-16)24-13-7-12-23-17/h9-10,14-15,19H,4-8,11-13H2,1-3H3/p+1/t15-/m0/s1. The van der Waals surface area contributed by atoms with Crippen LogP contribution < -0.4 is 19.1 Å². The first-order valence-electron chi connectivity index (χ1n) is 9.21. The number of nitrogens with one attached hydrogen (secondary N) is 2. The van der Waals surface area contributed by atoms with Gasteiger partial charge in [-0.15, -0.1) is 0 Å². The van der Waals surface area contributed by atoms with Crippen molar-refractivity contribution < 1.29 is 22.8 Å². The minimum Gasteiger partial charge on any atom is -0.490 e. The molecule has 0 radical (unpaired) electrons. The van der Waals surface area contributed by atoms with Crippen LogP contribution in [0.5, 0.6) is 11.5 Å². The first kappa shape index (κ1) is 20.0. The average Bonchev–Trinajstić information content (AvgIpc) is 2.83. The fourth-order valence-electron chi connectivity index (χ4n) is 2.96. The number of hydrogen-bond acceptors (Lipinski definition) is 4. The fraction of sp³-hybridized carbons (Fsp3) is 0.667. The van der Waals surface area contributed by atoms with E-state index in [2.05, 4.69) is 18.6 Å². The van der Waals surface area contributed by atoms with Crippen LogP contribution in [0.25, 0.3) is 0 Å². The summed E-state index contributed by atoms with van der Waals surface area (Å²) in [5.41, 5.74) is 0. The number of rotatable bonds is 9. The number of sulfonamides is 1. The predicted molar refractivity (Wildman–Crippen MR) is 98.0 cm³/mol. The van der Waals surface area contributed by atoms with Gasteiger partial charge >= 0.3 is 0 Å². The molecule has 1 heterocycles. The lowest BCUT2D eigenvalue weighted by Crippen LogP contribution is -3.11. The summed E-state index contributed by atoms with van der Waals surface area (Å²) in [6.07, 6.45) is 2.62. The molecule has 0 aliphatic carbocycles. The van der Waals surface area contributed by atoms with E-state index in [1.165, 1.54) is 4.90 Å². The van der Waals surface area contributed by atoms with Crippen molar-refractivity contribution in [1.82, 2.24) is 4.72 Å². The van der Waals surface area contributed by atoms with Crippen molar-refractivity contribution in [3.63, 3.8) is 0 Å². The molecule has 1 atom stereocenters. The molecule has 1 aliphatic heterocycles. The largest absolute Gasteiger partial charge is 0.490 e. The number of quaternary nitrogens is 1. The van der Waals surface area contributed by atoms with Gasteiger partial charge in [0.2, 0.25) is 10.0 Å². The van der Waals surface area contributed by atoms with Crippen LogP contribution in [0.1, 0.15) is 40.0 Å². The molecule has 0 unspecified atom stereocenters. The van der Waals surface area contributed by atoms with Crippen LogP contribution in [0.3, 0.4) is 0 Å². The van der Waals surface area contributed by atoms with Crippen molar-refractivity contribution in [3.8, 4) is 11.5 Å². The molecule has 0 aromatic heterocycles. The molecule has 1 aliphatic rings. The second-order valence-electron chi connectivity index (χ2n) is 6.53. The van der Waals surface area contributed by atoms with Gasteiger partial charge in [-0.1, -0.05) is 0 Å². The number of ether oxygens (including phenoxy) is 2. The first-order chi connectivity index (χ1) is 12.0. The second kappa shape index (κ2) is 9.40. The van der Waals surface area contributed by atoms with Crippen molar-refractivity contribution in [2.75, 3.05) is 32.8 Å². The van der Waals surface area contributed by atoms with Crippen LogP contribution in [-0.4, -0.2) is 47.3 Å². The van der Waals surface area contributed by atoms with Crippen LogP contribution in [-0.2, 0) is 10.0 Å². The van der Waals surface area contributed by atoms with Crippen LogP contribution in [0.15, 0.2) is 23.1 Å². The quantitative estimate of drug-likeness (QED) is 0.685. The molecule has 0 spiro atoms. The second-order valence-corrected chi connectivity index (χ2v) is 8.24. The number of fused-ring (bicyclic) bond motifs is 1. The van der Waals surface area contributed by atoms with Gasteiger partial charge < -0.3 is 14.4 Å². The normalized spacial score (nSPS) is 15.8. The Labute approximate surface area is 151 Å². The summed E-state index contributed by atoms with van der Waals surface area (Å²) >= 11 is 0. The summed E-state index contributed by atoms with van der Waals surface area (Å²) in [5, 5.41) is 0. The maximum atomic E-state index is 12.6. The van der Waals surface area contributed by atoms with Crippen molar-refractivity contribution >= 4 is 10.0 Å². The Morgan fingerprint density at radius 2 is 1.84 bits per heavy atom. The lowest BCUT2D eigenvalue weighted by molar-refractivity contribution is -0.896.